The topological polar surface area (TPSA) is 12.0 Å². The van der Waals surface area contributed by atoms with Crippen LogP contribution in [-0.4, -0.2) is 6.54 Å². The van der Waals surface area contributed by atoms with Gasteiger partial charge in [-0.25, -0.2) is 0 Å². The van der Waals surface area contributed by atoms with Gasteiger partial charge in [0, 0.05) is 0 Å². The van der Waals surface area contributed by atoms with E-state index in [1.807, 2.05) is 38.1 Å². The monoisotopic (exact) mass is 293 g/mol. The van der Waals surface area contributed by atoms with Gasteiger partial charge >= 0.3 is 6.18 Å². The van der Waals surface area contributed by atoms with Crippen molar-refractivity contribution < 1.29 is 13.2 Å². The zero-order chi connectivity index (χ0) is 15.5. The van der Waals surface area contributed by atoms with Crippen molar-refractivity contribution in [3.8, 4) is 0 Å². The van der Waals surface area contributed by atoms with Gasteiger partial charge in [0.2, 0.25) is 0 Å². The van der Waals surface area contributed by atoms with Crippen LogP contribution in [0.25, 0.3) is 0 Å². The molecule has 0 saturated carbocycles. The third-order valence-electron chi connectivity index (χ3n) is 3.33. The van der Waals surface area contributed by atoms with Crippen molar-refractivity contribution in [2.24, 2.45) is 0 Å². The summed E-state index contributed by atoms with van der Waals surface area (Å²) in [5, 5.41) is 3.25. The molecule has 21 heavy (non-hydrogen) atoms. The number of halogens is 3. The van der Waals surface area contributed by atoms with Crippen molar-refractivity contribution in [3.05, 3.63) is 70.8 Å². The van der Waals surface area contributed by atoms with Gasteiger partial charge in [-0.05, 0) is 36.7 Å². The number of nitrogens with one attached hydrogen (secondary N) is 1. The van der Waals surface area contributed by atoms with Crippen LogP contribution < -0.4 is 5.32 Å². The summed E-state index contributed by atoms with van der Waals surface area (Å²) in [5.74, 6) is 0. The van der Waals surface area contributed by atoms with E-state index in [4.69, 9.17) is 0 Å². The molecule has 0 radical (unpaired) electrons. The summed E-state index contributed by atoms with van der Waals surface area (Å²) in [6.45, 7) is 4.59. The zero-order valence-corrected chi connectivity index (χ0v) is 12.0. The van der Waals surface area contributed by atoms with Crippen molar-refractivity contribution in [2.45, 2.75) is 26.1 Å². The van der Waals surface area contributed by atoms with Gasteiger partial charge in [0.05, 0.1) is 11.6 Å². The summed E-state index contributed by atoms with van der Waals surface area (Å²) in [6.07, 6.45) is -4.32. The molecular formula is C17H18F3N. The zero-order valence-electron chi connectivity index (χ0n) is 12.0. The molecule has 0 heterocycles. The highest BCUT2D eigenvalue weighted by Crippen LogP contribution is 2.32. The van der Waals surface area contributed by atoms with Crippen LogP contribution in [0.15, 0.2) is 48.5 Å². The number of hydrogen-bond donors (Lipinski definition) is 1. The molecule has 0 spiro atoms. The second kappa shape index (κ2) is 6.31. The lowest BCUT2D eigenvalue weighted by atomic mass is 9.96. The number of hydrogen-bond acceptors (Lipinski definition) is 1. The second-order valence-electron chi connectivity index (χ2n) is 5.03. The average Bonchev–Trinajstić information content (AvgIpc) is 2.44. The second-order valence-corrected chi connectivity index (χ2v) is 5.03. The summed E-state index contributed by atoms with van der Waals surface area (Å²) < 4.78 is 38.6. The molecule has 0 aliphatic carbocycles. The van der Waals surface area contributed by atoms with E-state index >= 15 is 0 Å². The Hall–Kier alpha value is -1.81. The summed E-state index contributed by atoms with van der Waals surface area (Å²) in [7, 11) is 0. The largest absolute Gasteiger partial charge is 0.416 e. The molecule has 1 unspecified atom stereocenters. The molecular weight excluding hydrogens is 275 g/mol. The molecule has 0 fully saturated rings. The summed E-state index contributed by atoms with van der Waals surface area (Å²) in [6, 6.07) is 13.1. The van der Waals surface area contributed by atoms with Crippen molar-refractivity contribution in [2.75, 3.05) is 6.54 Å². The van der Waals surface area contributed by atoms with Gasteiger partial charge in [-0.15, -0.1) is 0 Å². The van der Waals surface area contributed by atoms with E-state index in [2.05, 4.69) is 5.32 Å². The molecule has 2 rings (SSSR count). The quantitative estimate of drug-likeness (QED) is 0.860. The number of aryl methyl sites for hydroxylation is 1. The molecule has 1 N–H and O–H groups in total. The molecule has 2 aromatic rings. The van der Waals surface area contributed by atoms with E-state index in [0.717, 1.165) is 17.2 Å². The van der Waals surface area contributed by atoms with Crippen LogP contribution in [0.4, 0.5) is 13.2 Å². The van der Waals surface area contributed by atoms with E-state index in [1.54, 1.807) is 6.07 Å². The molecule has 0 aliphatic heterocycles. The molecule has 1 nitrogen and oxygen atoms in total. The first-order chi connectivity index (χ1) is 9.91. The first-order valence-electron chi connectivity index (χ1n) is 6.89. The molecule has 4 heteroatoms. The van der Waals surface area contributed by atoms with Crippen LogP contribution in [0.5, 0.6) is 0 Å². The Balaban J connectivity index is 2.43. The predicted molar refractivity (Wildman–Crippen MR) is 78.1 cm³/mol. The van der Waals surface area contributed by atoms with E-state index < -0.39 is 11.7 Å². The minimum Gasteiger partial charge on any atom is -0.307 e. The summed E-state index contributed by atoms with van der Waals surface area (Å²) in [4.78, 5) is 0. The lowest BCUT2D eigenvalue weighted by Crippen LogP contribution is -2.22. The van der Waals surface area contributed by atoms with Crippen LogP contribution in [0, 0.1) is 6.92 Å². The molecule has 0 saturated heterocycles. The van der Waals surface area contributed by atoms with Crippen LogP contribution >= 0.6 is 0 Å². The van der Waals surface area contributed by atoms with Gasteiger partial charge in [-0.2, -0.15) is 13.2 Å². The highest BCUT2D eigenvalue weighted by Gasteiger charge is 2.31. The van der Waals surface area contributed by atoms with Crippen LogP contribution in [-0.2, 0) is 6.18 Å². The van der Waals surface area contributed by atoms with E-state index in [-0.39, 0.29) is 6.04 Å². The molecule has 1 atom stereocenters. The maximum atomic E-state index is 12.9. The van der Waals surface area contributed by atoms with Crippen LogP contribution in [0.3, 0.4) is 0 Å². The maximum Gasteiger partial charge on any atom is 0.416 e. The first kappa shape index (κ1) is 15.6. The van der Waals surface area contributed by atoms with Crippen molar-refractivity contribution in [3.63, 3.8) is 0 Å². The fourth-order valence-corrected chi connectivity index (χ4v) is 2.38. The van der Waals surface area contributed by atoms with Crippen LogP contribution in [0.1, 0.15) is 35.2 Å². The molecule has 0 amide bonds. The minimum absolute atomic E-state index is 0.239. The molecule has 0 aromatic heterocycles. The van der Waals surface area contributed by atoms with Crippen molar-refractivity contribution >= 4 is 0 Å². The van der Waals surface area contributed by atoms with Gasteiger partial charge in [-0.3, -0.25) is 0 Å². The molecule has 0 aliphatic rings. The fourth-order valence-electron chi connectivity index (χ4n) is 2.38. The lowest BCUT2D eigenvalue weighted by Gasteiger charge is -2.20. The van der Waals surface area contributed by atoms with E-state index in [9.17, 15) is 13.2 Å². The smallest absolute Gasteiger partial charge is 0.307 e. The van der Waals surface area contributed by atoms with Crippen molar-refractivity contribution in [1.82, 2.24) is 5.32 Å². The molecule has 0 bridgehead atoms. The van der Waals surface area contributed by atoms with Gasteiger partial charge in [0.15, 0.2) is 0 Å². The Kier molecular flexibility index (Phi) is 4.68. The van der Waals surface area contributed by atoms with E-state index in [1.165, 1.54) is 12.1 Å². The normalized spacial score (nSPS) is 13.2. The lowest BCUT2D eigenvalue weighted by molar-refractivity contribution is -0.137. The summed E-state index contributed by atoms with van der Waals surface area (Å²) in [5.41, 5.74) is 2.06. The highest BCUT2D eigenvalue weighted by molar-refractivity contribution is 5.36. The summed E-state index contributed by atoms with van der Waals surface area (Å²) >= 11 is 0. The van der Waals surface area contributed by atoms with E-state index in [0.29, 0.717) is 12.1 Å². The van der Waals surface area contributed by atoms with Crippen LogP contribution in [0.2, 0.25) is 0 Å². The Morgan fingerprint density at radius 1 is 1.00 bits per heavy atom. The van der Waals surface area contributed by atoms with Gasteiger partial charge in [0.1, 0.15) is 0 Å². The Morgan fingerprint density at radius 3 is 2.19 bits per heavy atom. The van der Waals surface area contributed by atoms with Gasteiger partial charge in [0.25, 0.3) is 0 Å². The Labute approximate surface area is 122 Å². The maximum absolute atomic E-state index is 12.9. The highest BCUT2D eigenvalue weighted by atomic mass is 19.4. The molecule has 112 valence electrons. The predicted octanol–water partition coefficient (Wildman–Crippen LogP) is 4.71. The standard InChI is InChI=1S/C17H18F3N/c1-3-21-16(13-7-4-6-12(2)10-13)14-8-5-9-15(11-14)17(18,19)20/h4-11,16,21H,3H2,1-2H3. The first-order valence-corrected chi connectivity index (χ1v) is 6.89. The van der Waals surface area contributed by atoms with Gasteiger partial charge in [-0.1, -0.05) is 48.9 Å². The average molecular weight is 293 g/mol. The Morgan fingerprint density at radius 2 is 1.62 bits per heavy atom. The van der Waals surface area contributed by atoms with Crippen molar-refractivity contribution in [1.29, 1.82) is 0 Å². The molecule has 2 aromatic carbocycles. The SMILES string of the molecule is CCNC(c1cccc(C)c1)c1cccc(C(F)(F)F)c1. The third-order valence-corrected chi connectivity index (χ3v) is 3.33. The third kappa shape index (κ3) is 3.85. The fraction of sp³-hybridized carbons (Fsp3) is 0.294. The number of rotatable bonds is 4. The number of benzene rings is 2. The minimum atomic E-state index is -4.32. The Bertz CT molecular complexity index is 605. The number of alkyl halides is 3. The van der Waals surface area contributed by atoms with Gasteiger partial charge < -0.3 is 5.32 Å².